The predicted octanol–water partition coefficient (Wildman–Crippen LogP) is 1.98. The van der Waals surface area contributed by atoms with Gasteiger partial charge in [0.05, 0.1) is 17.6 Å². The lowest BCUT2D eigenvalue weighted by molar-refractivity contribution is -0.384. The molecule has 0 aliphatic heterocycles. The summed E-state index contributed by atoms with van der Waals surface area (Å²) in [5.74, 6) is -0.544. The molecule has 0 amide bonds. The van der Waals surface area contributed by atoms with E-state index in [0.29, 0.717) is 18.7 Å². The molecule has 0 bridgehead atoms. The first kappa shape index (κ1) is 16.9. The molecule has 7 nitrogen and oxygen atoms in total. The molecule has 0 saturated carbocycles. The van der Waals surface area contributed by atoms with Crippen LogP contribution in [0.15, 0.2) is 18.2 Å². The van der Waals surface area contributed by atoms with Crippen LogP contribution < -0.4 is 4.90 Å². The van der Waals surface area contributed by atoms with Crippen molar-refractivity contribution in [1.29, 1.82) is 0 Å². The summed E-state index contributed by atoms with van der Waals surface area (Å²) in [6.07, 6.45) is 0.484. The number of esters is 1. The van der Waals surface area contributed by atoms with Gasteiger partial charge in [-0.25, -0.2) is 4.79 Å². The third-order valence-corrected chi connectivity index (χ3v) is 3.08. The molecule has 1 rings (SSSR count). The summed E-state index contributed by atoms with van der Waals surface area (Å²) in [7, 11) is 1.26. The molecule has 0 atom stereocenters. The van der Waals surface area contributed by atoms with Crippen LogP contribution in [0.25, 0.3) is 0 Å². The molecule has 0 saturated heterocycles. The number of rotatable bonds is 7. The second kappa shape index (κ2) is 7.58. The first-order chi connectivity index (χ1) is 9.92. The Morgan fingerprint density at radius 1 is 1.48 bits per heavy atom. The third-order valence-electron chi connectivity index (χ3n) is 3.08. The number of carbonyl (C=O) groups excluding carboxylic acids is 1. The number of aliphatic hydroxyl groups is 1. The van der Waals surface area contributed by atoms with Crippen molar-refractivity contribution < 1.29 is 19.6 Å². The fourth-order valence-electron chi connectivity index (χ4n) is 2.05. The van der Waals surface area contributed by atoms with Crippen molar-refractivity contribution in [1.82, 2.24) is 0 Å². The molecular weight excluding hydrogens is 276 g/mol. The highest BCUT2D eigenvalue weighted by Crippen LogP contribution is 2.31. The van der Waals surface area contributed by atoms with E-state index in [0.717, 1.165) is 0 Å². The Labute approximate surface area is 123 Å². The average Bonchev–Trinajstić information content (AvgIpc) is 2.46. The van der Waals surface area contributed by atoms with Crippen LogP contribution >= 0.6 is 0 Å². The van der Waals surface area contributed by atoms with E-state index in [1.807, 2.05) is 13.8 Å². The second-order valence-electron chi connectivity index (χ2n) is 4.82. The first-order valence-electron chi connectivity index (χ1n) is 6.66. The normalized spacial score (nSPS) is 10.5. The maximum absolute atomic E-state index is 11.6. The van der Waals surface area contributed by atoms with Crippen molar-refractivity contribution in [3.63, 3.8) is 0 Å². The third kappa shape index (κ3) is 4.16. The van der Waals surface area contributed by atoms with Crippen LogP contribution in [-0.2, 0) is 4.74 Å². The number of methoxy groups -OCH3 is 1. The lowest BCUT2D eigenvalue weighted by atomic mass is 10.1. The molecule has 0 fully saturated rings. The van der Waals surface area contributed by atoms with Crippen molar-refractivity contribution >= 4 is 17.3 Å². The first-order valence-corrected chi connectivity index (χ1v) is 6.66. The summed E-state index contributed by atoms with van der Waals surface area (Å²) in [5.41, 5.74) is 0.536. The molecule has 116 valence electrons. The van der Waals surface area contributed by atoms with Gasteiger partial charge in [-0.05, 0) is 32.4 Å². The number of nitrogens with zero attached hydrogens (tertiary/aromatic N) is 2. The largest absolute Gasteiger partial charge is 0.465 e. The van der Waals surface area contributed by atoms with Crippen LogP contribution in [-0.4, -0.2) is 42.3 Å². The molecule has 0 radical (unpaired) electrons. The molecule has 0 unspecified atom stereocenters. The van der Waals surface area contributed by atoms with Crippen molar-refractivity contribution in [3.05, 3.63) is 33.9 Å². The van der Waals surface area contributed by atoms with Gasteiger partial charge in [0.25, 0.3) is 5.69 Å². The van der Waals surface area contributed by atoms with Crippen LogP contribution in [0.1, 0.15) is 30.6 Å². The monoisotopic (exact) mass is 296 g/mol. The topological polar surface area (TPSA) is 92.9 Å². The van der Waals surface area contributed by atoms with Gasteiger partial charge in [-0.15, -0.1) is 0 Å². The number of aliphatic hydroxyl groups excluding tert-OH is 1. The molecule has 1 aromatic rings. The number of hydrogen-bond donors (Lipinski definition) is 1. The molecular formula is C14H20N2O5. The molecule has 0 aliphatic carbocycles. The molecule has 0 aliphatic rings. The van der Waals surface area contributed by atoms with E-state index in [-0.39, 0.29) is 23.9 Å². The maximum atomic E-state index is 11.6. The van der Waals surface area contributed by atoms with Crippen molar-refractivity contribution in [3.8, 4) is 0 Å². The molecule has 0 aromatic heterocycles. The van der Waals surface area contributed by atoms with Gasteiger partial charge in [0.2, 0.25) is 0 Å². The van der Waals surface area contributed by atoms with E-state index in [1.54, 1.807) is 4.90 Å². The number of hydrogen-bond acceptors (Lipinski definition) is 6. The summed E-state index contributed by atoms with van der Waals surface area (Å²) in [6.45, 7) is 4.24. The highest BCUT2D eigenvalue weighted by Gasteiger charge is 2.23. The van der Waals surface area contributed by atoms with Gasteiger partial charge in [0.1, 0.15) is 5.69 Å². The predicted molar refractivity (Wildman–Crippen MR) is 78.6 cm³/mol. The van der Waals surface area contributed by atoms with E-state index in [2.05, 4.69) is 4.74 Å². The summed E-state index contributed by atoms with van der Waals surface area (Å²) in [6, 6.07) is 4.12. The Hall–Kier alpha value is -2.15. The zero-order valence-corrected chi connectivity index (χ0v) is 12.4. The lowest BCUT2D eigenvalue weighted by Crippen LogP contribution is -2.33. The van der Waals surface area contributed by atoms with Gasteiger partial charge >= 0.3 is 5.97 Å². The average molecular weight is 296 g/mol. The van der Waals surface area contributed by atoms with Crippen molar-refractivity contribution in [2.75, 3.05) is 25.2 Å². The number of anilines is 1. The van der Waals surface area contributed by atoms with Crippen LogP contribution in [0.3, 0.4) is 0 Å². The quantitative estimate of drug-likeness (QED) is 0.470. The summed E-state index contributed by atoms with van der Waals surface area (Å²) < 4.78 is 4.65. The summed E-state index contributed by atoms with van der Waals surface area (Å²) >= 11 is 0. The van der Waals surface area contributed by atoms with Gasteiger partial charge < -0.3 is 14.7 Å². The zero-order chi connectivity index (χ0) is 16.0. The Bertz CT molecular complexity index is 516. The standard InChI is InChI=1S/C14H20N2O5/c1-10(2)15(7-4-8-17)13-9-11(14(18)21-3)5-6-12(13)16(19)20/h5-6,9-10,17H,4,7-8H2,1-3H3. The van der Waals surface area contributed by atoms with E-state index in [4.69, 9.17) is 5.11 Å². The van der Waals surface area contributed by atoms with Crippen LogP contribution in [0.4, 0.5) is 11.4 Å². The minimum absolute atomic E-state index is 0.00624. The van der Waals surface area contributed by atoms with Gasteiger partial charge in [0, 0.05) is 25.3 Å². The molecule has 0 heterocycles. The van der Waals surface area contributed by atoms with E-state index in [1.165, 1.54) is 25.3 Å². The Balaban J connectivity index is 3.31. The maximum Gasteiger partial charge on any atom is 0.337 e. The smallest absolute Gasteiger partial charge is 0.337 e. The fraction of sp³-hybridized carbons (Fsp3) is 0.500. The summed E-state index contributed by atoms with van der Waals surface area (Å²) in [4.78, 5) is 24.1. The number of nitro benzene ring substituents is 1. The lowest BCUT2D eigenvalue weighted by Gasteiger charge is -2.28. The minimum Gasteiger partial charge on any atom is -0.465 e. The van der Waals surface area contributed by atoms with Crippen LogP contribution in [0.5, 0.6) is 0 Å². The Kier molecular flexibility index (Phi) is 6.10. The fourth-order valence-corrected chi connectivity index (χ4v) is 2.05. The highest BCUT2D eigenvalue weighted by atomic mass is 16.6. The van der Waals surface area contributed by atoms with Gasteiger partial charge in [-0.2, -0.15) is 0 Å². The number of ether oxygens (including phenoxy) is 1. The number of carbonyl (C=O) groups is 1. The van der Waals surface area contributed by atoms with Crippen molar-refractivity contribution in [2.24, 2.45) is 0 Å². The summed E-state index contributed by atoms with van der Waals surface area (Å²) in [5, 5.41) is 20.2. The molecule has 7 heteroatoms. The highest BCUT2D eigenvalue weighted by molar-refractivity contribution is 5.91. The van der Waals surface area contributed by atoms with Gasteiger partial charge in [-0.1, -0.05) is 0 Å². The van der Waals surface area contributed by atoms with Crippen molar-refractivity contribution in [2.45, 2.75) is 26.3 Å². The van der Waals surface area contributed by atoms with Gasteiger partial charge in [0.15, 0.2) is 0 Å². The van der Waals surface area contributed by atoms with E-state index < -0.39 is 10.9 Å². The Morgan fingerprint density at radius 2 is 2.14 bits per heavy atom. The van der Waals surface area contributed by atoms with Crippen LogP contribution in [0, 0.1) is 10.1 Å². The Morgan fingerprint density at radius 3 is 2.62 bits per heavy atom. The van der Waals surface area contributed by atoms with E-state index >= 15 is 0 Å². The molecule has 0 spiro atoms. The molecule has 1 N–H and O–H groups in total. The molecule has 21 heavy (non-hydrogen) atoms. The van der Waals surface area contributed by atoms with E-state index in [9.17, 15) is 14.9 Å². The number of benzene rings is 1. The number of nitro groups is 1. The zero-order valence-electron chi connectivity index (χ0n) is 12.4. The van der Waals surface area contributed by atoms with Crippen LogP contribution in [0.2, 0.25) is 0 Å². The molecule has 1 aromatic carbocycles. The SMILES string of the molecule is COC(=O)c1ccc([N+](=O)[O-])c(N(CCCO)C(C)C)c1. The second-order valence-corrected chi connectivity index (χ2v) is 4.82. The van der Waals surface area contributed by atoms with Gasteiger partial charge in [-0.3, -0.25) is 10.1 Å². The minimum atomic E-state index is -0.544.